The molecular weight excluding hydrogens is 332 g/mol. The molecule has 0 aromatic heterocycles. The Labute approximate surface area is 150 Å². The van der Waals surface area contributed by atoms with Gasteiger partial charge in [0, 0.05) is 14.7 Å². The van der Waals surface area contributed by atoms with Gasteiger partial charge in [0.25, 0.3) is 0 Å². The lowest BCUT2D eigenvalue weighted by atomic mass is 10.0. The maximum absolute atomic E-state index is 13.0. The molecule has 0 fully saturated rings. The highest BCUT2D eigenvalue weighted by atomic mass is 32.2. The van der Waals surface area contributed by atoms with E-state index in [2.05, 4.69) is 38.1 Å². The van der Waals surface area contributed by atoms with Gasteiger partial charge in [-0.25, -0.2) is 4.21 Å². The lowest BCUT2D eigenvalue weighted by Gasteiger charge is -2.10. The highest BCUT2D eigenvalue weighted by molar-refractivity contribution is 8.00. The average molecular weight is 353 g/mol. The van der Waals surface area contributed by atoms with Crippen molar-refractivity contribution in [2.75, 3.05) is 0 Å². The fourth-order valence-electron chi connectivity index (χ4n) is 2.41. The van der Waals surface area contributed by atoms with Crippen molar-refractivity contribution in [3.05, 3.63) is 84.4 Å². The van der Waals surface area contributed by atoms with E-state index in [1.807, 2.05) is 54.6 Å². The van der Waals surface area contributed by atoms with Gasteiger partial charge in [0.1, 0.15) is 0 Å². The molecule has 0 N–H and O–H groups in total. The van der Waals surface area contributed by atoms with Crippen LogP contribution in [0, 0.1) is 0 Å². The molecule has 0 spiro atoms. The Kier molecular flexibility index (Phi) is 5.54. The molecule has 0 aliphatic rings. The number of hydrogen-bond acceptors (Lipinski definition) is 2. The van der Waals surface area contributed by atoms with Gasteiger partial charge in [0.15, 0.2) is 0 Å². The molecule has 0 aliphatic carbocycles. The van der Waals surface area contributed by atoms with Crippen molar-refractivity contribution < 1.29 is 4.21 Å². The molecule has 3 rings (SSSR count). The Balaban J connectivity index is 1.90. The summed E-state index contributed by atoms with van der Waals surface area (Å²) in [7, 11) is -1.17. The summed E-state index contributed by atoms with van der Waals surface area (Å²) in [6.07, 6.45) is 0. The molecule has 122 valence electrons. The molecule has 0 saturated heterocycles. The summed E-state index contributed by atoms with van der Waals surface area (Å²) in [6, 6.07) is 26.2. The van der Waals surface area contributed by atoms with E-state index in [0.29, 0.717) is 5.92 Å². The summed E-state index contributed by atoms with van der Waals surface area (Å²) in [4.78, 5) is 3.90. The normalized spacial score (nSPS) is 12.3. The third-order valence-electron chi connectivity index (χ3n) is 3.78. The van der Waals surface area contributed by atoms with Crippen molar-refractivity contribution >= 4 is 22.6 Å². The lowest BCUT2D eigenvalue weighted by Crippen LogP contribution is -1.96. The van der Waals surface area contributed by atoms with Gasteiger partial charge in [0.05, 0.1) is 15.7 Å². The van der Waals surface area contributed by atoms with Crippen molar-refractivity contribution in [1.82, 2.24) is 0 Å². The van der Waals surface area contributed by atoms with Crippen molar-refractivity contribution in [3.63, 3.8) is 0 Å². The standard InChI is InChI=1S/C21H20OS2/c1-16(2)17-12-14-19(15-13-17)24(22)21-11-7-6-10-20(21)23-18-8-4-3-5-9-18/h3-16H,1-2H3. The first-order valence-corrected chi connectivity index (χ1v) is 9.95. The molecule has 0 saturated carbocycles. The monoisotopic (exact) mass is 352 g/mol. The van der Waals surface area contributed by atoms with E-state index in [1.165, 1.54) is 5.56 Å². The van der Waals surface area contributed by atoms with Gasteiger partial charge >= 0.3 is 0 Å². The molecule has 0 heterocycles. The minimum Gasteiger partial charge on any atom is -0.249 e. The van der Waals surface area contributed by atoms with Gasteiger partial charge in [-0.05, 0) is 47.9 Å². The van der Waals surface area contributed by atoms with E-state index in [9.17, 15) is 4.21 Å². The van der Waals surface area contributed by atoms with E-state index in [-0.39, 0.29) is 0 Å². The first-order valence-electron chi connectivity index (χ1n) is 7.99. The molecule has 0 bridgehead atoms. The Bertz CT molecular complexity index is 824. The molecule has 0 aliphatic heterocycles. The quantitative estimate of drug-likeness (QED) is 0.549. The van der Waals surface area contributed by atoms with Gasteiger partial charge < -0.3 is 0 Å². The second-order valence-corrected chi connectivity index (χ2v) is 8.42. The highest BCUT2D eigenvalue weighted by Gasteiger charge is 2.13. The van der Waals surface area contributed by atoms with Gasteiger partial charge in [-0.3, -0.25) is 0 Å². The third kappa shape index (κ3) is 3.97. The molecule has 1 nitrogen and oxygen atoms in total. The Morgan fingerprint density at radius 1 is 0.792 bits per heavy atom. The van der Waals surface area contributed by atoms with Crippen molar-refractivity contribution in [3.8, 4) is 0 Å². The van der Waals surface area contributed by atoms with Crippen molar-refractivity contribution in [1.29, 1.82) is 0 Å². The van der Waals surface area contributed by atoms with Crippen LogP contribution < -0.4 is 0 Å². The molecule has 0 amide bonds. The van der Waals surface area contributed by atoms with Crippen LogP contribution in [0.15, 0.2) is 98.4 Å². The molecule has 24 heavy (non-hydrogen) atoms. The summed E-state index contributed by atoms with van der Waals surface area (Å²) in [5.74, 6) is 0.480. The third-order valence-corrected chi connectivity index (χ3v) is 6.45. The predicted octanol–water partition coefficient (Wildman–Crippen LogP) is 6.13. The van der Waals surface area contributed by atoms with Gasteiger partial charge in [-0.2, -0.15) is 0 Å². The molecule has 1 atom stereocenters. The summed E-state index contributed by atoms with van der Waals surface area (Å²) in [5, 5.41) is 0. The van der Waals surface area contributed by atoms with Crippen LogP contribution in [-0.2, 0) is 10.8 Å². The van der Waals surface area contributed by atoms with E-state index in [1.54, 1.807) is 11.8 Å². The highest BCUT2D eigenvalue weighted by Crippen LogP contribution is 2.33. The fourth-order valence-corrected chi connectivity index (χ4v) is 4.71. The molecule has 3 aromatic carbocycles. The molecule has 3 aromatic rings. The van der Waals surface area contributed by atoms with Gasteiger partial charge in [-0.15, -0.1) is 0 Å². The molecular formula is C21H20OS2. The maximum atomic E-state index is 13.0. The molecule has 3 heteroatoms. The molecule has 1 unspecified atom stereocenters. The fraction of sp³-hybridized carbons (Fsp3) is 0.143. The topological polar surface area (TPSA) is 17.1 Å². The SMILES string of the molecule is CC(C)c1ccc(S(=O)c2ccccc2Sc2ccccc2)cc1. The summed E-state index contributed by atoms with van der Waals surface area (Å²) in [5.41, 5.74) is 1.27. The Morgan fingerprint density at radius 3 is 2.08 bits per heavy atom. The van der Waals surface area contributed by atoms with Gasteiger partial charge in [0.2, 0.25) is 0 Å². The second kappa shape index (κ2) is 7.82. The van der Waals surface area contributed by atoms with Crippen LogP contribution in [0.25, 0.3) is 0 Å². The number of benzene rings is 3. The first-order chi connectivity index (χ1) is 11.6. The lowest BCUT2D eigenvalue weighted by molar-refractivity contribution is 0.681. The first kappa shape index (κ1) is 17.0. The minimum absolute atomic E-state index is 0.480. The predicted molar refractivity (Wildman–Crippen MR) is 102 cm³/mol. The summed E-state index contributed by atoms with van der Waals surface area (Å²) >= 11 is 1.65. The maximum Gasteiger partial charge on any atom is 0.0861 e. The zero-order valence-corrected chi connectivity index (χ0v) is 15.4. The van der Waals surface area contributed by atoms with Crippen LogP contribution in [-0.4, -0.2) is 4.21 Å². The van der Waals surface area contributed by atoms with E-state index in [0.717, 1.165) is 19.6 Å². The summed E-state index contributed by atoms with van der Waals surface area (Å²) in [6.45, 7) is 4.33. The van der Waals surface area contributed by atoms with E-state index < -0.39 is 10.8 Å². The van der Waals surface area contributed by atoms with Crippen LogP contribution in [0.4, 0.5) is 0 Å². The van der Waals surface area contributed by atoms with Crippen LogP contribution in [0.3, 0.4) is 0 Å². The number of hydrogen-bond donors (Lipinski definition) is 0. The largest absolute Gasteiger partial charge is 0.249 e. The van der Waals surface area contributed by atoms with Crippen molar-refractivity contribution in [2.45, 2.75) is 39.3 Å². The number of rotatable bonds is 5. The Morgan fingerprint density at radius 2 is 1.42 bits per heavy atom. The van der Waals surface area contributed by atoms with Gasteiger partial charge in [-0.1, -0.05) is 68.1 Å². The van der Waals surface area contributed by atoms with Crippen LogP contribution in [0.2, 0.25) is 0 Å². The summed E-state index contributed by atoms with van der Waals surface area (Å²) < 4.78 is 13.0. The van der Waals surface area contributed by atoms with Crippen LogP contribution >= 0.6 is 11.8 Å². The molecule has 0 radical (unpaired) electrons. The van der Waals surface area contributed by atoms with E-state index >= 15 is 0 Å². The zero-order chi connectivity index (χ0) is 16.9. The van der Waals surface area contributed by atoms with Crippen LogP contribution in [0.1, 0.15) is 25.3 Å². The zero-order valence-electron chi connectivity index (χ0n) is 13.8. The Hall–Kier alpha value is -1.84. The van der Waals surface area contributed by atoms with E-state index in [4.69, 9.17) is 0 Å². The minimum atomic E-state index is -1.17. The van der Waals surface area contributed by atoms with Crippen molar-refractivity contribution in [2.24, 2.45) is 0 Å². The van der Waals surface area contributed by atoms with Crippen LogP contribution in [0.5, 0.6) is 0 Å². The smallest absolute Gasteiger partial charge is 0.0861 e. The second-order valence-electron chi connectivity index (χ2n) is 5.85. The average Bonchev–Trinajstić information content (AvgIpc) is 2.62.